The lowest BCUT2D eigenvalue weighted by Gasteiger charge is -2.20. The normalized spacial score (nSPS) is 12.6. The molecule has 0 spiro atoms. The van der Waals surface area contributed by atoms with Crippen LogP contribution >= 0.6 is 0 Å². The third-order valence-electron chi connectivity index (χ3n) is 4.65. The average molecular weight is 423 g/mol. The Kier molecular flexibility index (Phi) is 9.30. The van der Waals surface area contributed by atoms with E-state index in [-0.39, 0.29) is 12.2 Å². The Balaban J connectivity index is 1.99. The molecule has 2 rings (SSSR count). The Labute approximate surface area is 175 Å². The second kappa shape index (κ2) is 11.7. The summed E-state index contributed by atoms with van der Waals surface area (Å²) in [4.78, 5) is 16.6. The zero-order chi connectivity index (χ0) is 22.0. The molecule has 0 aliphatic carbocycles. The van der Waals surface area contributed by atoms with Gasteiger partial charge in [0.15, 0.2) is 0 Å². The summed E-state index contributed by atoms with van der Waals surface area (Å²) in [5.74, 6) is -1.04. The minimum atomic E-state index is -4.69. The molecular weight excluding hydrogens is 395 g/mol. The van der Waals surface area contributed by atoms with Gasteiger partial charge >= 0.3 is 12.1 Å². The van der Waals surface area contributed by atoms with Crippen molar-refractivity contribution in [2.45, 2.75) is 58.2 Å². The highest BCUT2D eigenvalue weighted by molar-refractivity contribution is 5.90. The lowest BCUT2D eigenvalue weighted by atomic mass is 10.1. The number of unbranched alkanes of at least 4 members (excludes halogenated alkanes) is 3. The maximum atomic E-state index is 13.0. The molecule has 164 valence electrons. The molecule has 0 fully saturated rings. The molecule has 1 aromatic heterocycles. The first-order valence-electron chi connectivity index (χ1n) is 10.3. The van der Waals surface area contributed by atoms with Crippen LogP contribution in [0.15, 0.2) is 42.6 Å². The summed E-state index contributed by atoms with van der Waals surface area (Å²) < 4.78 is 48.4. The zero-order valence-electron chi connectivity index (χ0n) is 17.4. The molecule has 0 amide bonds. The molecule has 30 heavy (non-hydrogen) atoms. The standard InChI is InChI=1S/C23H28F3NO3/c1-3-5-6-7-8-17-9-14-20(27-15-17)18-10-12-19(13-11-18)22(28)30-21(16-29-4-2)23(24,25)26/h9-15,21H,3-8,16H2,1-2H3. The van der Waals surface area contributed by atoms with Crippen molar-refractivity contribution in [2.75, 3.05) is 13.2 Å². The monoisotopic (exact) mass is 423 g/mol. The SMILES string of the molecule is CCCCCCc1ccc(-c2ccc(C(=O)OC(COCC)C(F)(F)F)cc2)nc1. The van der Waals surface area contributed by atoms with Crippen molar-refractivity contribution in [3.8, 4) is 11.3 Å². The minimum absolute atomic E-state index is 0.0389. The number of hydrogen-bond acceptors (Lipinski definition) is 4. The van der Waals surface area contributed by atoms with E-state index in [0.717, 1.165) is 24.1 Å². The molecule has 4 nitrogen and oxygen atoms in total. The highest BCUT2D eigenvalue weighted by atomic mass is 19.4. The van der Waals surface area contributed by atoms with Crippen LogP contribution < -0.4 is 0 Å². The maximum Gasteiger partial charge on any atom is 0.427 e. The van der Waals surface area contributed by atoms with Crippen molar-refractivity contribution < 1.29 is 27.4 Å². The number of aryl methyl sites for hydroxylation is 1. The number of ether oxygens (including phenoxy) is 2. The number of pyridine rings is 1. The van der Waals surface area contributed by atoms with Crippen molar-refractivity contribution in [2.24, 2.45) is 0 Å². The molecule has 7 heteroatoms. The van der Waals surface area contributed by atoms with E-state index in [1.165, 1.54) is 37.0 Å². The highest BCUT2D eigenvalue weighted by Gasteiger charge is 2.43. The highest BCUT2D eigenvalue weighted by Crippen LogP contribution is 2.25. The number of alkyl halides is 3. The summed E-state index contributed by atoms with van der Waals surface area (Å²) in [7, 11) is 0. The van der Waals surface area contributed by atoms with Crippen LogP contribution in [-0.2, 0) is 15.9 Å². The molecule has 0 bridgehead atoms. The number of hydrogen-bond donors (Lipinski definition) is 0. The predicted octanol–water partition coefficient (Wildman–Crippen LogP) is 6.00. The molecule has 0 saturated heterocycles. The first kappa shape index (κ1) is 23.9. The van der Waals surface area contributed by atoms with Gasteiger partial charge in [-0.3, -0.25) is 4.98 Å². The van der Waals surface area contributed by atoms with Crippen LogP contribution in [0.5, 0.6) is 0 Å². The second-order valence-electron chi connectivity index (χ2n) is 7.03. The average Bonchev–Trinajstić information content (AvgIpc) is 2.74. The van der Waals surface area contributed by atoms with Gasteiger partial charge in [0.25, 0.3) is 0 Å². The fourth-order valence-electron chi connectivity index (χ4n) is 2.89. The molecule has 1 unspecified atom stereocenters. The molecule has 0 N–H and O–H groups in total. The van der Waals surface area contributed by atoms with E-state index in [9.17, 15) is 18.0 Å². The molecule has 0 saturated carbocycles. The number of carbonyl (C=O) groups is 1. The number of halogens is 3. The van der Waals surface area contributed by atoms with Gasteiger partial charge in [0, 0.05) is 18.4 Å². The molecule has 1 heterocycles. The Morgan fingerprint density at radius 2 is 1.77 bits per heavy atom. The fourth-order valence-corrected chi connectivity index (χ4v) is 2.89. The largest absolute Gasteiger partial charge is 0.447 e. The molecular formula is C23H28F3NO3. The van der Waals surface area contributed by atoms with Gasteiger partial charge in [-0.2, -0.15) is 13.2 Å². The lowest BCUT2D eigenvalue weighted by Crippen LogP contribution is -2.37. The summed E-state index contributed by atoms with van der Waals surface area (Å²) in [6, 6.07) is 10.1. The van der Waals surface area contributed by atoms with E-state index < -0.39 is 24.9 Å². The fraction of sp³-hybridized carbons (Fsp3) is 0.478. The van der Waals surface area contributed by atoms with E-state index in [2.05, 4.69) is 16.6 Å². The molecule has 0 aliphatic heterocycles. The lowest BCUT2D eigenvalue weighted by molar-refractivity contribution is -0.217. The third-order valence-corrected chi connectivity index (χ3v) is 4.65. The van der Waals surface area contributed by atoms with Crippen molar-refractivity contribution >= 4 is 5.97 Å². The van der Waals surface area contributed by atoms with E-state index in [4.69, 9.17) is 4.74 Å². The number of rotatable bonds is 11. The number of benzene rings is 1. The quantitative estimate of drug-likeness (QED) is 0.329. The van der Waals surface area contributed by atoms with E-state index in [1.54, 1.807) is 19.1 Å². The summed E-state index contributed by atoms with van der Waals surface area (Å²) >= 11 is 0. The topological polar surface area (TPSA) is 48.4 Å². The molecule has 1 atom stereocenters. The first-order chi connectivity index (χ1) is 14.3. The second-order valence-corrected chi connectivity index (χ2v) is 7.03. The Morgan fingerprint density at radius 3 is 2.33 bits per heavy atom. The number of esters is 1. The van der Waals surface area contributed by atoms with Gasteiger partial charge in [-0.25, -0.2) is 4.79 Å². The van der Waals surface area contributed by atoms with Crippen LogP contribution in [0.2, 0.25) is 0 Å². The van der Waals surface area contributed by atoms with E-state index in [1.807, 2.05) is 18.3 Å². The summed E-state index contributed by atoms with van der Waals surface area (Å²) in [5.41, 5.74) is 2.71. The van der Waals surface area contributed by atoms with Gasteiger partial charge in [-0.15, -0.1) is 0 Å². The number of carbonyl (C=O) groups excluding carboxylic acids is 1. The van der Waals surface area contributed by atoms with Crippen LogP contribution in [0.25, 0.3) is 11.3 Å². The van der Waals surface area contributed by atoms with Crippen LogP contribution in [0.3, 0.4) is 0 Å². The van der Waals surface area contributed by atoms with Crippen molar-refractivity contribution in [3.05, 3.63) is 53.7 Å². The summed E-state index contributed by atoms with van der Waals surface area (Å²) in [6.45, 7) is 3.12. The minimum Gasteiger partial charge on any atom is -0.447 e. The zero-order valence-corrected chi connectivity index (χ0v) is 17.4. The Bertz CT molecular complexity index is 774. The predicted molar refractivity (Wildman–Crippen MR) is 109 cm³/mol. The maximum absolute atomic E-state index is 13.0. The Hall–Kier alpha value is -2.41. The van der Waals surface area contributed by atoms with Gasteiger partial charge in [0.2, 0.25) is 6.10 Å². The van der Waals surface area contributed by atoms with Crippen LogP contribution in [-0.4, -0.2) is 36.4 Å². The van der Waals surface area contributed by atoms with Crippen molar-refractivity contribution in [1.29, 1.82) is 0 Å². The summed E-state index contributed by atoms with van der Waals surface area (Å²) in [5, 5.41) is 0. The smallest absolute Gasteiger partial charge is 0.427 e. The van der Waals surface area contributed by atoms with Crippen LogP contribution in [0.4, 0.5) is 13.2 Å². The van der Waals surface area contributed by atoms with Crippen molar-refractivity contribution in [1.82, 2.24) is 4.98 Å². The Morgan fingerprint density at radius 1 is 1.03 bits per heavy atom. The van der Waals surface area contributed by atoms with Crippen LogP contribution in [0.1, 0.15) is 55.5 Å². The van der Waals surface area contributed by atoms with Gasteiger partial charge in [0.05, 0.1) is 17.9 Å². The molecule has 1 aromatic carbocycles. The van der Waals surface area contributed by atoms with Crippen LogP contribution in [0, 0.1) is 0 Å². The molecule has 2 aromatic rings. The molecule has 0 radical (unpaired) electrons. The van der Waals surface area contributed by atoms with E-state index in [0.29, 0.717) is 0 Å². The van der Waals surface area contributed by atoms with Gasteiger partial charge < -0.3 is 9.47 Å². The van der Waals surface area contributed by atoms with E-state index >= 15 is 0 Å². The van der Waals surface area contributed by atoms with Gasteiger partial charge in [-0.05, 0) is 43.5 Å². The summed E-state index contributed by atoms with van der Waals surface area (Å²) in [6.07, 6.45) is 0.609. The van der Waals surface area contributed by atoms with Crippen molar-refractivity contribution in [3.63, 3.8) is 0 Å². The number of nitrogens with zero attached hydrogens (tertiary/aromatic N) is 1. The van der Waals surface area contributed by atoms with Gasteiger partial charge in [0.1, 0.15) is 0 Å². The molecule has 0 aliphatic rings. The third kappa shape index (κ3) is 7.44. The number of aromatic nitrogens is 1. The van der Waals surface area contributed by atoms with Gasteiger partial charge in [-0.1, -0.05) is 44.4 Å². The first-order valence-corrected chi connectivity index (χ1v) is 10.3.